The zero-order chi connectivity index (χ0) is 18.8. The van der Waals surface area contributed by atoms with Crippen molar-refractivity contribution in [3.63, 3.8) is 0 Å². The van der Waals surface area contributed by atoms with Crippen molar-refractivity contribution in [3.8, 4) is 11.5 Å². The summed E-state index contributed by atoms with van der Waals surface area (Å²) in [4.78, 5) is 0. The van der Waals surface area contributed by atoms with Gasteiger partial charge in [-0.2, -0.15) is 0 Å². The molecule has 0 heterocycles. The van der Waals surface area contributed by atoms with Gasteiger partial charge in [-0.05, 0) is 18.8 Å². The molecule has 0 aliphatic rings. The average Bonchev–Trinajstić information content (AvgIpc) is 2.63. The van der Waals surface area contributed by atoms with Gasteiger partial charge in [0.25, 0.3) is 0 Å². The lowest BCUT2D eigenvalue weighted by Crippen LogP contribution is -2.06. The van der Waals surface area contributed by atoms with E-state index in [2.05, 4.69) is 19.9 Å². The highest BCUT2D eigenvalue weighted by Gasteiger charge is 2.13. The molecule has 0 saturated heterocycles. The number of rotatable bonds is 12. The first kappa shape index (κ1) is 21.2. The Morgan fingerprint density at radius 1 is 0.885 bits per heavy atom. The SMILES string of the molecule is CC(C)COc1c(Cl)cc(OCCCCCCCCCl)c2ccccc12. The first-order valence-electron chi connectivity index (χ1n) is 9.66. The van der Waals surface area contributed by atoms with Gasteiger partial charge in [0, 0.05) is 22.7 Å². The second kappa shape index (κ2) is 11.6. The maximum Gasteiger partial charge on any atom is 0.145 e. The lowest BCUT2D eigenvalue weighted by molar-refractivity contribution is 0.273. The van der Waals surface area contributed by atoms with E-state index in [-0.39, 0.29) is 0 Å². The Hall–Kier alpha value is -1.12. The van der Waals surface area contributed by atoms with Crippen molar-refractivity contribution >= 4 is 34.0 Å². The molecule has 0 aromatic heterocycles. The van der Waals surface area contributed by atoms with Crippen molar-refractivity contribution in [1.29, 1.82) is 0 Å². The molecule has 0 bridgehead atoms. The highest BCUT2D eigenvalue weighted by molar-refractivity contribution is 6.33. The molecule has 2 aromatic rings. The number of benzene rings is 2. The normalized spacial score (nSPS) is 11.3. The second-order valence-electron chi connectivity index (χ2n) is 7.09. The van der Waals surface area contributed by atoms with Gasteiger partial charge >= 0.3 is 0 Å². The van der Waals surface area contributed by atoms with Gasteiger partial charge < -0.3 is 9.47 Å². The molecule has 0 radical (unpaired) electrons. The largest absolute Gasteiger partial charge is 0.493 e. The van der Waals surface area contributed by atoms with Crippen LogP contribution in [0.5, 0.6) is 11.5 Å². The summed E-state index contributed by atoms with van der Waals surface area (Å²) in [6.45, 7) is 5.61. The van der Waals surface area contributed by atoms with Crippen molar-refractivity contribution in [1.82, 2.24) is 0 Å². The molecule has 0 aliphatic carbocycles. The summed E-state index contributed by atoms with van der Waals surface area (Å²) in [6.07, 6.45) is 7.07. The van der Waals surface area contributed by atoms with Gasteiger partial charge in [-0.25, -0.2) is 0 Å². The summed E-state index contributed by atoms with van der Waals surface area (Å²) in [7, 11) is 0. The first-order valence-corrected chi connectivity index (χ1v) is 10.6. The van der Waals surface area contributed by atoms with Gasteiger partial charge in [0.1, 0.15) is 11.5 Å². The zero-order valence-electron chi connectivity index (χ0n) is 15.9. The molecule has 0 N–H and O–H groups in total. The van der Waals surface area contributed by atoms with E-state index in [0.29, 0.717) is 24.2 Å². The van der Waals surface area contributed by atoms with Gasteiger partial charge in [0.15, 0.2) is 0 Å². The van der Waals surface area contributed by atoms with Crippen molar-refractivity contribution < 1.29 is 9.47 Å². The van der Waals surface area contributed by atoms with E-state index in [0.717, 1.165) is 41.0 Å². The number of hydrogen-bond donors (Lipinski definition) is 0. The molecular formula is C22H30Cl2O2. The Labute approximate surface area is 167 Å². The van der Waals surface area contributed by atoms with E-state index in [1.54, 1.807) is 0 Å². The van der Waals surface area contributed by atoms with Gasteiger partial charge in [-0.3, -0.25) is 0 Å². The minimum atomic E-state index is 0.449. The smallest absolute Gasteiger partial charge is 0.145 e. The van der Waals surface area contributed by atoms with E-state index in [9.17, 15) is 0 Å². The van der Waals surface area contributed by atoms with Crippen molar-refractivity contribution in [2.75, 3.05) is 19.1 Å². The van der Waals surface area contributed by atoms with Crippen LogP contribution in [0.4, 0.5) is 0 Å². The Balaban J connectivity index is 1.97. The molecular weight excluding hydrogens is 367 g/mol. The molecule has 0 saturated carbocycles. The quantitative estimate of drug-likeness (QED) is 0.273. The minimum Gasteiger partial charge on any atom is -0.493 e. The standard InChI is InChI=1S/C22H30Cl2O2/c1-17(2)16-26-22-19-12-8-7-11-18(19)21(15-20(22)24)25-14-10-6-4-3-5-9-13-23/h7-8,11-12,15,17H,3-6,9-10,13-14,16H2,1-2H3. The average molecular weight is 397 g/mol. The van der Waals surface area contributed by atoms with Crippen LogP contribution in [0.1, 0.15) is 52.4 Å². The Kier molecular flexibility index (Phi) is 9.42. The molecule has 0 atom stereocenters. The lowest BCUT2D eigenvalue weighted by atomic mass is 10.1. The van der Waals surface area contributed by atoms with Crippen LogP contribution in [0.15, 0.2) is 30.3 Å². The topological polar surface area (TPSA) is 18.5 Å². The Morgan fingerprint density at radius 3 is 2.23 bits per heavy atom. The van der Waals surface area contributed by atoms with E-state index in [1.807, 2.05) is 24.3 Å². The van der Waals surface area contributed by atoms with Gasteiger partial charge in [-0.1, -0.05) is 75.4 Å². The zero-order valence-corrected chi connectivity index (χ0v) is 17.4. The van der Waals surface area contributed by atoms with Crippen molar-refractivity contribution in [3.05, 3.63) is 35.4 Å². The summed E-state index contributed by atoms with van der Waals surface area (Å²) in [6, 6.07) is 10.0. The number of fused-ring (bicyclic) bond motifs is 1. The molecule has 2 aromatic carbocycles. The Morgan fingerprint density at radius 2 is 1.54 bits per heavy atom. The van der Waals surface area contributed by atoms with Crippen LogP contribution in [-0.2, 0) is 0 Å². The second-order valence-corrected chi connectivity index (χ2v) is 7.88. The van der Waals surface area contributed by atoms with Crippen LogP contribution in [0.3, 0.4) is 0 Å². The van der Waals surface area contributed by atoms with Crippen LogP contribution in [0.2, 0.25) is 5.02 Å². The highest BCUT2D eigenvalue weighted by Crippen LogP contribution is 2.39. The van der Waals surface area contributed by atoms with Crippen LogP contribution in [0, 0.1) is 5.92 Å². The molecule has 0 spiro atoms. The van der Waals surface area contributed by atoms with E-state index >= 15 is 0 Å². The molecule has 0 fully saturated rings. The minimum absolute atomic E-state index is 0.449. The van der Waals surface area contributed by atoms with Crippen LogP contribution < -0.4 is 9.47 Å². The number of halogens is 2. The number of hydrogen-bond acceptors (Lipinski definition) is 2. The van der Waals surface area contributed by atoms with Crippen molar-refractivity contribution in [2.45, 2.75) is 52.4 Å². The molecule has 144 valence electrons. The number of alkyl halides is 1. The van der Waals surface area contributed by atoms with Gasteiger partial charge in [0.2, 0.25) is 0 Å². The van der Waals surface area contributed by atoms with Crippen LogP contribution >= 0.6 is 23.2 Å². The fourth-order valence-corrected chi connectivity index (χ4v) is 3.33. The predicted octanol–water partition coefficient (Wildman–Crippen LogP) is 7.49. The number of ether oxygens (including phenoxy) is 2. The third-order valence-corrected chi connectivity index (χ3v) is 4.81. The molecule has 0 aliphatic heterocycles. The van der Waals surface area contributed by atoms with Gasteiger partial charge in [0.05, 0.1) is 18.2 Å². The van der Waals surface area contributed by atoms with Gasteiger partial charge in [-0.15, -0.1) is 11.6 Å². The molecule has 0 amide bonds. The molecule has 4 heteroatoms. The third-order valence-electron chi connectivity index (χ3n) is 4.26. The molecule has 2 nitrogen and oxygen atoms in total. The number of unbranched alkanes of at least 4 members (excludes halogenated alkanes) is 5. The highest BCUT2D eigenvalue weighted by atomic mass is 35.5. The van der Waals surface area contributed by atoms with Crippen molar-refractivity contribution in [2.24, 2.45) is 5.92 Å². The Bertz CT molecular complexity index is 670. The monoisotopic (exact) mass is 396 g/mol. The van der Waals surface area contributed by atoms with E-state index in [1.165, 1.54) is 25.7 Å². The molecule has 2 rings (SSSR count). The summed E-state index contributed by atoms with van der Waals surface area (Å²) in [5.41, 5.74) is 0. The summed E-state index contributed by atoms with van der Waals surface area (Å²) in [5.74, 6) is 2.81. The van der Waals surface area contributed by atoms with Crippen LogP contribution in [0.25, 0.3) is 10.8 Å². The van der Waals surface area contributed by atoms with E-state index < -0.39 is 0 Å². The maximum atomic E-state index is 6.49. The maximum absolute atomic E-state index is 6.49. The van der Waals surface area contributed by atoms with E-state index in [4.69, 9.17) is 32.7 Å². The summed E-state index contributed by atoms with van der Waals surface area (Å²) < 4.78 is 12.0. The third kappa shape index (κ3) is 6.55. The first-order chi connectivity index (χ1) is 12.6. The molecule has 0 unspecified atom stereocenters. The summed E-state index contributed by atoms with van der Waals surface area (Å²) >= 11 is 12.2. The lowest BCUT2D eigenvalue weighted by Gasteiger charge is -2.16. The van der Waals surface area contributed by atoms with Crippen LogP contribution in [-0.4, -0.2) is 19.1 Å². The predicted molar refractivity (Wildman–Crippen MR) is 113 cm³/mol. The molecule has 26 heavy (non-hydrogen) atoms. The fraction of sp³-hybridized carbons (Fsp3) is 0.545. The summed E-state index contributed by atoms with van der Waals surface area (Å²) in [5, 5.41) is 2.68. The fourth-order valence-electron chi connectivity index (χ4n) is 2.88.